The van der Waals surface area contributed by atoms with Crippen LogP contribution in [0, 0.1) is 13.0 Å². The molecule has 1 aromatic carbocycles. The molecule has 0 bridgehead atoms. The minimum absolute atomic E-state index is 0.134. The molecule has 0 aliphatic heterocycles. The number of hydrogen-bond donors (Lipinski definition) is 0. The summed E-state index contributed by atoms with van der Waals surface area (Å²) in [5.41, 5.74) is 0.134. The number of benzene rings is 1. The molecule has 0 saturated carbocycles. The Labute approximate surface area is 90.7 Å². The molecule has 60 valence electrons. The molecule has 0 nitrogen and oxygen atoms in total. The van der Waals surface area contributed by atoms with E-state index in [1.165, 1.54) is 12.1 Å². The molecule has 0 radical (unpaired) electrons. The Morgan fingerprint density at radius 3 is 2.27 bits per heavy atom. The SMILES string of the molecule is FCc1cc(I)c(I)cc1F. The van der Waals surface area contributed by atoms with Crippen LogP contribution in [0.25, 0.3) is 0 Å². The van der Waals surface area contributed by atoms with Gasteiger partial charge in [-0.15, -0.1) is 0 Å². The van der Waals surface area contributed by atoms with E-state index in [0.717, 1.165) is 7.14 Å². The van der Waals surface area contributed by atoms with Gasteiger partial charge in [-0.1, -0.05) is 0 Å². The van der Waals surface area contributed by atoms with Gasteiger partial charge < -0.3 is 0 Å². The summed E-state index contributed by atoms with van der Waals surface area (Å²) in [6.45, 7) is -0.737. The molecule has 0 fully saturated rings. The third-order valence-corrected chi connectivity index (χ3v) is 4.05. The van der Waals surface area contributed by atoms with Crippen molar-refractivity contribution in [3.05, 3.63) is 30.7 Å². The van der Waals surface area contributed by atoms with Gasteiger partial charge in [0.2, 0.25) is 0 Å². The standard InChI is InChI=1S/C7H4F2I2/c8-3-4-1-6(10)7(11)2-5(4)9/h1-2H,3H2. The molecule has 0 spiro atoms. The summed E-state index contributed by atoms with van der Waals surface area (Å²) in [5, 5.41) is 0. The van der Waals surface area contributed by atoms with Crippen molar-refractivity contribution < 1.29 is 8.78 Å². The summed E-state index contributed by atoms with van der Waals surface area (Å²) >= 11 is 4.06. The quantitative estimate of drug-likeness (QED) is 0.517. The second-order valence-electron chi connectivity index (χ2n) is 1.99. The van der Waals surface area contributed by atoms with Crippen molar-refractivity contribution in [2.24, 2.45) is 0 Å². The van der Waals surface area contributed by atoms with Crippen LogP contribution < -0.4 is 0 Å². The molecule has 0 saturated heterocycles. The molecular formula is C7H4F2I2. The average molecular weight is 380 g/mol. The van der Waals surface area contributed by atoms with Gasteiger partial charge in [-0.3, -0.25) is 0 Å². The molecule has 0 aromatic heterocycles. The normalized spacial score (nSPS) is 10.2. The minimum atomic E-state index is -0.737. The van der Waals surface area contributed by atoms with Crippen molar-refractivity contribution >= 4 is 45.2 Å². The molecule has 4 heteroatoms. The van der Waals surface area contributed by atoms with Crippen LogP contribution in [0.2, 0.25) is 0 Å². The largest absolute Gasteiger partial charge is 0.246 e. The summed E-state index contributed by atoms with van der Waals surface area (Å²) < 4.78 is 26.5. The van der Waals surface area contributed by atoms with Crippen LogP contribution in [0.3, 0.4) is 0 Å². The van der Waals surface area contributed by atoms with E-state index in [4.69, 9.17) is 0 Å². The van der Waals surface area contributed by atoms with Gasteiger partial charge in [0.05, 0.1) is 0 Å². The zero-order valence-corrected chi connectivity index (χ0v) is 9.69. The number of rotatable bonds is 1. The highest BCUT2D eigenvalue weighted by Crippen LogP contribution is 2.20. The van der Waals surface area contributed by atoms with E-state index in [1.54, 1.807) is 0 Å². The molecule has 11 heavy (non-hydrogen) atoms. The smallest absolute Gasteiger partial charge is 0.130 e. The molecule has 0 unspecified atom stereocenters. The van der Waals surface area contributed by atoms with Gasteiger partial charge in [0.15, 0.2) is 0 Å². The van der Waals surface area contributed by atoms with Gasteiger partial charge in [0, 0.05) is 12.7 Å². The second kappa shape index (κ2) is 3.97. The molecule has 0 aliphatic carbocycles. The van der Waals surface area contributed by atoms with Crippen LogP contribution in [0.4, 0.5) is 8.78 Å². The van der Waals surface area contributed by atoms with E-state index in [2.05, 4.69) is 0 Å². The van der Waals surface area contributed by atoms with E-state index in [0.29, 0.717) is 0 Å². The van der Waals surface area contributed by atoms with Gasteiger partial charge in [-0.05, 0) is 57.3 Å². The first-order valence-electron chi connectivity index (χ1n) is 2.84. The van der Waals surface area contributed by atoms with Crippen molar-refractivity contribution in [2.75, 3.05) is 0 Å². The molecule has 1 aromatic rings. The van der Waals surface area contributed by atoms with Crippen LogP contribution in [-0.2, 0) is 6.67 Å². The van der Waals surface area contributed by atoms with Crippen molar-refractivity contribution in [2.45, 2.75) is 6.67 Å². The summed E-state index contributed by atoms with van der Waals surface area (Å²) in [5.74, 6) is -0.461. The monoisotopic (exact) mass is 380 g/mol. The van der Waals surface area contributed by atoms with Crippen LogP contribution in [0.15, 0.2) is 12.1 Å². The molecular weight excluding hydrogens is 376 g/mol. The Bertz CT molecular complexity index is 273. The predicted octanol–water partition coefficient (Wildman–Crippen LogP) is 3.50. The number of hydrogen-bond acceptors (Lipinski definition) is 0. The Hall–Kier alpha value is 0.540. The fourth-order valence-electron chi connectivity index (χ4n) is 0.666. The van der Waals surface area contributed by atoms with Gasteiger partial charge in [0.25, 0.3) is 0 Å². The lowest BCUT2D eigenvalue weighted by atomic mass is 10.2. The summed E-state index contributed by atoms with van der Waals surface area (Å²) in [7, 11) is 0. The van der Waals surface area contributed by atoms with E-state index in [1.807, 2.05) is 45.2 Å². The van der Waals surface area contributed by atoms with E-state index in [-0.39, 0.29) is 5.56 Å². The molecule has 0 N–H and O–H groups in total. The first-order valence-corrected chi connectivity index (χ1v) is 5.00. The van der Waals surface area contributed by atoms with Crippen molar-refractivity contribution in [1.29, 1.82) is 0 Å². The Kier molecular flexibility index (Phi) is 3.48. The molecule has 1 rings (SSSR count). The maximum atomic E-state index is 12.8. The minimum Gasteiger partial charge on any atom is -0.246 e. The fraction of sp³-hybridized carbons (Fsp3) is 0.143. The van der Waals surface area contributed by atoms with E-state index >= 15 is 0 Å². The van der Waals surface area contributed by atoms with Crippen LogP contribution in [0.5, 0.6) is 0 Å². The number of alkyl halides is 1. The van der Waals surface area contributed by atoms with Crippen LogP contribution >= 0.6 is 45.2 Å². The predicted molar refractivity (Wildman–Crippen MR) is 56.6 cm³/mol. The average Bonchev–Trinajstić information content (AvgIpc) is 1.97. The summed E-state index contributed by atoms with van der Waals surface area (Å²) in [4.78, 5) is 0. The maximum absolute atomic E-state index is 12.8. The lowest BCUT2D eigenvalue weighted by Crippen LogP contribution is -1.90. The number of halogens is 4. The zero-order valence-electron chi connectivity index (χ0n) is 5.37. The Balaban J connectivity index is 3.21. The van der Waals surface area contributed by atoms with Crippen LogP contribution in [-0.4, -0.2) is 0 Å². The van der Waals surface area contributed by atoms with Gasteiger partial charge in [-0.25, -0.2) is 8.78 Å². The third-order valence-electron chi connectivity index (χ3n) is 1.23. The van der Waals surface area contributed by atoms with Gasteiger partial charge in [-0.2, -0.15) is 0 Å². The topological polar surface area (TPSA) is 0 Å². The van der Waals surface area contributed by atoms with Crippen molar-refractivity contribution in [3.8, 4) is 0 Å². The lowest BCUT2D eigenvalue weighted by Gasteiger charge is -2.00. The summed E-state index contributed by atoms with van der Waals surface area (Å²) in [6.07, 6.45) is 0. The maximum Gasteiger partial charge on any atom is 0.130 e. The Morgan fingerprint density at radius 2 is 1.73 bits per heavy atom. The summed E-state index contributed by atoms with van der Waals surface area (Å²) in [6, 6.07) is 2.87. The second-order valence-corrected chi connectivity index (χ2v) is 4.32. The molecule has 0 amide bonds. The Morgan fingerprint density at radius 1 is 1.18 bits per heavy atom. The van der Waals surface area contributed by atoms with Gasteiger partial charge in [0.1, 0.15) is 12.5 Å². The van der Waals surface area contributed by atoms with Gasteiger partial charge >= 0.3 is 0 Å². The fourth-order valence-corrected chi connectivity index (χ4v) is 1.63. The zero-order chi connectivity index (χ0) is 8.43. The third kappa shape index (κ3) is 2.24. The molecule has 0 atom stereocenters. The highest BCUT2D eigenvalue weighted by molar-refractivity contribution is 14.1. The highest BCUT2D eigenvalue weighted by atomic mass is 127. The lowest BCUT2D eigenvalue weighted by molar-refractivity contribution is 0.463. The van der Waals surface area contributed by atoms with Crippen molar-refractivity contribution in [3.63, 3.8) is 0 Å². The van der Waals surface area contributed by atoms with E-state index < -0.39 is 12.5 Å². The highest BCUT2D eigenvalue weighted by Gasteiger charge is 2.05. The van der Waals surface area contributed by atoms with Crippen LogP contribution in [0.1, 0.15) is 5.56 Å². The molecule has 0 aliphatic rings. The first-order chi connectivity index (χ1) is 5.15. The molecule has 0 heterocycles. The first kappa shape index (κ1) is 9.63. The van der Waals surface area contributed by atoms with E-state index in [9.17, 15) is 8.78 Å². The van der Waals surface area contributed by atoms with Crippen molar-refractivity contribution in [1.82, 2.24) is 0 Å².